The number of rotatable bonds is 3. The van der Waals surface area contributed by atoms with Gasteiger partial charge in [0.1, 0.15) is 0 Å². The van der Waals surface area contributed by atoms with E-state index in [1.54, 1.807) is 11.3 Å². The van der Waals surface area contributed by atoms with Crippen LogP contribution in [0, 0.1) is 13.8 Å². The molecule has 1 atom stereocenters. The van der Waals surface area contributed by atoms with Crippen molar-refractivity contribution in [1.29, 1.82) is 0 Å². The Balaban J connectivity index is 2.18. The van der Waals surface area contributed by atoms with Crippen molar-refractivity contribution < 1.29 is 4.89 Å². The van der Waals surface area contributed by atoms with Crippen LogP contribution in [0.3, 0.4) is 0 Å². The SMILES string of the molecule is C/C=C(/C=C(/C)S)c1sc2c3ccccc3p(O)c2c1-c1cc(C)sc1C. The molecule has 0 fully saturated rings. The van der Waals surface area contributed by atoms with Gasteiger partial charge in [-0.2, -0.15) is 0 Å². The molecule has 1 unspecified atom stereocenters. The average Bonchev–Trinajstić information content (AvgIpc) is 3.25. The molecule has 27 heavy (non-hydrogen) atoms. The summed E-state index contributed by atoms with van der Waals surface area (Å²) in [6.45, 7) is 8.40. The van der Waals surface area contributed by atoms with Crippen LogP contribution in [0.1, 0.15) is 28.5 Å². The predicted molar refractivity (Wildman–Crippen MR) is 129 cm³/mol. The lowest BCUT2D eigenvalue weighted by Crippen LogP contribution is -1.83. The van der Waals surface area contributed by atoms with Crippen molar-refractivity contribution in [3.05, 3.63) is 62.0 Å². The van der Waals surface area contributed by atoms with Gasteiger partial charge in [-0.05, 0) is 61.9 Å². The fourth-order valence-corrected chi connectivity index (χ4v) is 8.17. The molecule has 0 spiro atoms. The second-order valence-corrected chi connectivity index (χ2v) is 11.4. The minimum absolute atomic E-state index is 0.979. The number of aryl methyl sites for hydroxylation is 2. The maximum Gasteiger partial charge on any atom is 0.0500 e. The number of allylic oxidation sites excluding steroid dienone is 4. The molecule has 4 aromatic rings. The van der Waals surface area contributed by atoms with Gasteiger partial charge in [0.2, 0.25) is 0 Å². The fourth-order valence-electron chi connectivity index (χ4n) is 3.62. The first-order valence-electron chi connectivity index (χ1n) is 8.79. The molecular formula is C22H21OPS3. The highest BCUT2D eigenvalue weighted by Gasteiger charge is 2.24. The molecule has 4 rings (SSSR count). The van der Waals surface area contributed by atoms with Gasteiger partial charge in [0, 0.05) is 48.3 Å². The molecule has 5 heteroatoms. The van der Waals surface area contributed by atoms with Gasteiger partial charge in [-0.3, -0.25) is 0 Å². The predicted octanol–water partition coefficient (Wildman–Crippen LogP) is 8.38. The molecule has 1 N–H and O–H groups in total. The topological polar surface area (TPSA) is 20.2 Å². The molecule has 138 valence electrons. The van der Waals surface area contributed by atoms with Crippen molar-refractivity contribution in [2.45, 2.75) is 27.7 Å². The Hall–Kier alpha value is -1.29. The van der Waals surface area contributed by atoms with Gasteiger partial charge < -0.3 is 4.89 Å². The molecule has 1 aromatic carbocycles. The quantitative estimate of drug-likeness (QED) is 0.248. The second kappa shape index (κ2) is 7.27. The number of hydrogen-bond donors (Lipinski definition) is 2. The van der Waals surface area contributed by atoms with Gasteiger partial charge in [-0.25, -0.2) is 0 Å². The third-order valence-electron chi connectivity index (χ3n) is 4.72. The third-order valence-corrected chi connectivity index (χ3v) is 8.96. The van der Waals surface area contributed by atoms with Crippen LogP contribution >= 0.6 is 43.1 Å². The van der Waals surface area contributed by atoms with Crippen molar-refractivity contribution in [2.24, 2.45) is 0 Å². The van der Waals surface area contributed by atoms with Gasteiger partial charge in [-0.15, -0.1) is 35.3 Å². The molecule has 0 saturated carbocycles. The zero-order chi connectivity index (χ0) is 19.3. The zero-order valence-electron chi connectivity index (χ0n) is 15.7. The van der Waals surface area contributed by atoms with Crippen molar-refractivity contribution in [3.8, 4) is 11.1 Å². The normalized spacial score (nSPS) is 13.9. The first kappa shape index (κ1) is 19.0. The van der Waals surface area contributed by atoms with E-state index in [9.17, 15) is 4.89 Å². The molecule has 0 saturated heterocycles. The molecule has 0 aliphatic rings. The maximum absolute atomic E-state index is 11.2. The van der Waals surface area contributed by atoms with E-state index < -0.39 is 7.76 Å². The molecule has 0 aliphatic carbocycles. The van der Waals surface area contributed by atoms with Gasteiger partial charge in [0.15, 0.2) is 0 Å². The van der Waals surface area contributed by atoms with E-state index in [4.69, 9.17) is 0 Å². The van der Waals surface area contributed by atoms with Crippen molar-refractivity contribution in [3.63, 3.8) is 0 Å². The molecule has 0 bridgehead atoms. The van der Waals surface area contributed by atoms with E-state index >= 15 is 0 Å². The first-order chi connectivity index (χ1) is 12.9. The molecule has 3 aromatic heterocycles. The van der Waals surface area contributed by atoms with Crippen LogP contribution in [0.4, 0.5) is 0 Å². The molecule has 0 aliphatic heterocycles. The van der Waals surface area contributed by atoms with Gasteiger partial charge in [0.05, 0.1) is 0 Å². The second-order valence-electron chi connectivity index (χ2n) is 6.67. The van der Waals surface area contributed by atoms with Crippen LogP contribution in [-0.2, 0) is 0 Å². The number of fused-ring (bicyclic) bond motifs is 3. The van der Waals surface area contributed by atoms with E-state index in [-0.39, 0.29) is 0 Å². The molecule has 3 heterocycles. The van der Waals surface area contributed by atoms with Gasteiger partial charge >= 0.3 is 0 Å². The van der Waals surface area contributed by atoms with Crippen LogP contribution in [-0.4, -0.2) is 4.89 Å². The van der Waals surface area contributed by atoms with E-state index in [2.05, 4.69) is 69.8 Å². The van der Waals surface area contributed by atoms with Crippen molar-refractivity contribution in [1.82, 2.24) is 0 Å². The minimum Gasteiger partial charge on any atom is -0.346 e. The lowest BCUT2D eigenvalue weighted by atomic mass is 10.0. The van der Waals surface area contributed by atoms with Crippen molar-refractivity contribution in [2.75, 3.05) is 0 Å². The Bertz CT molecular complexity index is 1230. The van der Waals surface area contributed by atoms with Crippen LogP contribution in [0.2, 0.25) is 0 Å². The fraction of sp³-hybridized carbons (Fsp3) is 0.182. The van der Waals surface area contributed by atoms with Crippen molar-refractivity contribution >= 4 is 69.0 Å². The lowest BCUT2D eigenvalue weighted by Gasteiger charge is -2.07. The third kappa shape index (κ3) is 3.14. The Morgan fingerprint density at radius 1 is 1.19 bits per heavy atom. The maximum atomic E-state index is 11.2. The largest absolute Gasteiger partial charge is 0.346 e. The lowest BCUT2D eigenvalue weighted by molar-refractivity contribution is 0.653. The van der Waals surface area contributed by atoms with Crippen LogP contribution < -0.4 is 0 Å². The van der Waals surface area contributed by atoms with Gasteiger partial charge in [-0.1, -0.05) is 24.3 Å². The Labute approximate surface area is 174 Å². The summed E-state index contributed by atoms with van der Waals surface area (Å²) >= 11 is 8.12. The standard InChI is InChI=1S/C22H21OPS3/c1-5-15(10-12(2)25)21-19(17-11-13(3)26-14(17)4)20-22(27-21)16-8-6-7-9-18(16)24(20)23/h5-11,23,25H,1-4H3/b12-10-,15-5-. The summed E-state index contributed by atoms with van der Waals surface area (Å²) in [7, 11) is -1.33. The summed E-state index contributed by atoms with van der Waals surface area (Å²) in [5.41, 5.74) is 3.63. The number of benzene rings is 1. The highest BCUT2D eigenvalue weighted by atomic mass is 32.1. The van der Waals surface area contributed by atoms with Gasteiger partial charge in [0.25, 0.3) is 0 Å². The average molecular weight is 429 g/mol. The van der Waals surface area contributed by atoms with E-state index in [0.717, 1.165) is 15.1 Å². The zero-order valence-corrected chi connectivity index (χ0v) is 19.1. The molecule has 1 nitrogen and oxygen atoms in total. The smallest absolute Gasteiger partial charge is 0.0500 e. The highest BCUT2D eigenvalue weighted by molar-refractivity contribution is 7.84. The monoisotopic (exact) mass is 428 g/mol. The summed E-state index contributed by atoms with van der Waals surface area (Å²) < 4.78 is 1.22. The Kier molecular flexibility index (Phi) is 5.13. The summed E-state index contributed by atoms with van der Waals surface area (Å²) in [5.74, 6) is 0. The summed E-state index contributed by atoms with van der Waals surface area (Å²) in [6.07, 6.45) is 4.26. The first-order valence-corrected chi connectivity index (χ1v) is 12.2. The summed E-state index contributed by atoms with van der Waals surface area (Å²) in [5, 5.41) is 3.39. The van der Waals surface area contributed by atoms with E-state index in [1.165, 1.54) is 41.4 Å². The summed E-state index contributed by atoms with van der Waals surface area (Å²) in [4.78, 5) is 16.1. The molecule has 0 amide bonds. The van der Waals surface area contributed by atoms with E-state index in [1.807, 2.05) is 24.3 Å². The van der Waals surface area contributed by atoms with E-state index in [0.29, 0.717) is 0 Å². The Morgan fingerprint density at radius 2 is 1.93 bits per heavy atom. The van der Waals surface area contributed by atoms with Crippen LogP contribution in [0.5, 0.6) is 0 Å². The number of thiol groups is 1. The highest BCUT2D eigenvalue weighted by Crippen LogP contribution is 2.57. The minimum atomic E-state index is -1.33. The summed E-state index contributed by atoms with van der Waals surface area (Å²) in [6, 6.07) is 10.5. The van der Waals surface area contributed by atoms with Crippen LogP contribution in [0.15, 0.2) is 47.4 Å². The molecule has 0 radical (unpaired) electrons. The molecular weight excluding hydrogens is 407 g/mol. The number of thiophene rings is 2. The Morgan fingerprint density at radius 3 is 2.56 bits per heavy atom. The van der Waals surface area contributed by atoms with Crippen LogP contribution in [0.25, 0.3) is 37.0 Å². The number of hydrogen-bond acceptors (Lipinski definition) is 4.